The number of aromatic nitrogens is 4. The first-order valence-electron chi connectivity index (χ1n) is 4.31. The van der Waals surface area contributed by atoms with E-state index in [0.717, 1.165) is 22.5 Å². The first-order chi connectivity index (χ1) is 6.77. The first-order valence-corrected chi connectivity index (χ1v) is 4.31. The van der Waals surface area contributed by atoms with E-state index >= 15 is 0 Å². The van der Waals surface area contributed by atoms with Gasteiger partial charge in [-0.1, -0.05) is 0 Å². The molecule has 0 fully saturated rings. The lowest BCUT2D eigenvalue weighted by atomic mass is 10.3. The third kappa shape index (κ3) is 0.736. The highest BCUT2D eigenvalue weighted by atomic mass is 15.3. The number of hydrogen-bond donors (Lipinski definition) is 1. The lowest BCUT2D eigenvalue weighted by molar-refractivity contribution is 0.954. The van der Waals surface area contributed by atoms with Crippen molar-refractivity contribution in [1.82, 2.24) is 19.2 Å². The fourth-order valence-electron chi connectivity index (χ4n) is 1.75. The molecule has 0 atom stereocenters. The van der Waals surface area contributed by atoms with Crippen LogP contribution in [0.3, 0.4) is 0 Å². The van der Waals surface area contributed by atoms with E-state index in [-0.39, 0.29) is 0 Å². The van der Waals surface area contributed by atoms with Crippen LogP contribution in [0.15, 0.2) is 24.5 Å². The van der Waals surface area contributed by atoms with Gasteiger partial charge in [-0.15, -0.1) is 10.2 Å². The molecule has 14 heavy (non-hydrogen) atoms. The van der Waals surface area contributed by atoms with Crippen LogP contribution >= 0.6 is 0 Å². The maximum Gasteiger partial charge on any atom is 0.236 e. The third-order valence-corrected chi connectivity index (χ3v) is 2.45. The number of anilines is 1. The van der Waals surface area contributed by atoms with Gasteiger partial charge in [0.15, 0.2) is 0 Å². The van der Waals surface area contributed by atoms with E-state index in [9.17, 15) is 0 Å². The number of nitrogens with zero attached hydrogens (tertiary/aromatic N) is 4. The Labute approximate surface area is 79.8 Å². The van der Waals surface area contributed by atoms with E-state index < -0.39 is 0 Å². The Morgan fingerprint density at radius 1 is 1.29 bits per heavy atom. The summed E-state index contributed by atoms with van der Waals surface area (Å²) in [5.41, 5.74) is 8.61. The van der Waals surface area contributed by atoms with E-state index in [1.54, 1.807) is 6.33 Å². The Bertz CT molecular complexity index is 618. The summed E-state index contributed by atoms with van der Waals surface area (Å²) in [6, 6.07) is 5.79. The minimum Gasteiger partial charge on any atom is -0.399 e. The number of nitrogen functional groups attached to an aromatic ring is 1. The number of benzene rings is 1. The van der Waals surface area contributed by atoms with Crippen molar-refractivity contribution in [2.75, 3.05) is 5.73 Å². The zero-order valence-corrected chi connectivity index (χ0v) is 7.68. The van der Waals surface area contributed by atoms with Gasteiger partial charge in [0.2, 0.25) is 5.78 Å². The van der Waals surface area contributed by atoms with Crippen molar-refractivity contribution in [2.45, 2.75) is 0 Å². The first kappa shape index (κ1) is 7.37. The predicted molar refractivity (Wildman–Crippen MR) is 53.9 cm³/mol. The second-order valence-electron chi connectivity index (χ2n) is 3.31. The van der Waals surface area contributed by atoms with E-state index in [4.69, 9.17) is 5.73 Å². The SMILES string of the molecule is Cn1c2ccc(N)cc2n2cnnc12. The average molecular weight is 187 g/mol. The molecule has 0 saturated heterocycles. The lowest BCUT2D eigenvalue weighted by Crippen LogP contribution is -1.88. The summed E-state index contributed by atoms with van der Waals surface area (Å²) in [4.78, 5) is 0. The van der Waals surface area contributed by atoms with Crippen LogP contribution < -0.4 is 5.73 Å². The van der Waals surface area contributed by atoms with Crippen molar-refractivity contribution < 1.29 is 0 Å². The molecular formula is C9H9N5. The number of aryl methyl sites for hydroxylation is 1. The predicted octanol–water partition coefficient (Wildman–Crippen LogP) is 0.803. The van der Waals surface area contributed by atoms with Gasteiger partial charge in [-0.2, -0.15) is 0 Å². The number of hydrogen-bond acceptors (Lipinski definition) is 3. The minimum atomic E-state index is 0.749. The summed E-state index contributed by atoms with van der Waals surface area (Å²) in [6.45, 7) is 0. The van der Waals surface area contributed by atoms with Crippen LogP contribution in [0.1, 0.15) is 0 Å². The summed E-state index contributed by atoms with van der Waals surface area (Å²) in [6.07, 6.45) is 1.69. The molecular weight excluding hydrogens is 178 g/mol. The quantitative estimate of drug-likeness (QED) is 0.529. The largest absolute Gasteiger partial charge is 0.399 e. The van der Waals surface area contributed by atoms with Crippen LogP contribution in [0.25, 0.3) is 16.8 Å². The highest BCUT2D eigenvalue weighted by Gasteiger charge is 2.08. The molecule has 5 nitrogen and oxygen atoms in total. The van der Waals surface area contributed by atoms with E-state index in [1.807, 2.05) is 34.2 Å². The van der Waals surface area contributed by atoms with Gasteiger partial charge in [-0.25, -0.2) is 0 Å². The van der Waals surface area contributed by atoms with Crippen LogP contribution in [0.4, 0.5) is 5.69 Å². The van der Waals surface area contributed by atoms with Crippen LogP contribution in [-0.2, 0) is 7.05 Å². The maximum atomic E-state index is 5.73. The molecule has 2 heterocycles. The normalized spacial score (nSPS) is 11.5. The Kier molecular flexibility index (Phi) is 1.19. The summed E-state index contributed by atoms with van der Waals surface area (Å²) < 4.78 is 3.91. The van der Waals surface area contributed by atoms with E-state index in [0.29, 0.717) is 0 Å². The summed E-state index contributed by atoms with van der Waals surface area (Å²) in [7, 11) is 1.96. The summed E-state index contributed by atoms with van der Waals surface area (Å²) >= 11 is 0. The Balaban J connectivity index is 2.65. The molecule has 5 heteroatoms. The van der Waals surface area contributed by atoms with Crippen molar-refractivity contribution in [2.24, 2.45) is 7.05 Å². The van der Waals surface area contributed by atoms with Crippen LogP contribution in [0, 0.1) is 0 Å². The molecule has 70 valence electrons. The van der Waals surface area contributed by atoms with Crippen LogP contribution in [0.2, 0.25) is 0 Å². The number of imidazole rings is 1. The van der Waals surface area contributed by atoms with E-state index in [1.165, 1.54) is 0 Å². The Hall–Kier alpha value is -2.04. The number of rotatable bonds is 0. The Morgan fingerprint density at radius 2 is 2.14 bits per heavy atom. The molecule has 1 aromatic carbocycles. The average Bonchev–Trinajstić information content (AvgIpc) is 2.71. The molecule has 0 aliphatic rings. The number of fused-ring (bicyclic) bond motifs is 3. The Morgan fingerprint density at radius 3 is 3.00 bits per heavy atom. The van der Waals surface area contributed by atoms with Crippen LogP contribution in [0.5, 0.6) is 0 Å². The molecule has 0 aliphatic heterocycles. The second-order valence-corrected chi connectivity index (χ2v) is 3.31. The molecule has 0 aliphatic carbocycles. The van der Waals surface area contributed by atoms with Gasteiger partial charge in [0, 0.05) is 12.7 Å². The van der Waals surface area contributed by atoms with Gasteiger partial charge in [0.25, 0.3) is 0 Å². The van der Waals surface area contributed by atoms with Gasteiger partial charge in [-0.05, 0) is 18.2 Å². The molecule has 2 aromatic heterocycles. The molecule has 3 aromatic rings. The van der Waals surface area contributed by atoms with Crippen molar-refractivity contribution in [1.29, 1.82) is 0 Å². The van der Waals surface area contributed by atoms with Gasteiger partial charge in [0.1, 0.15) is 6.33 Å². The number of nitrogens with two attached hydrogens (primary N) is 1. The van der Waals surface area contributed by atoms with Crippen molar-refractivity contribution in [3.8, 4) is 0 Å². The van der Waals surface area contributed by atoms with Crippen LogP contribution in [-0.4, -0.2) is 19.2 Å². The summed E-state index contributed by atoms with van der Waals surface area (Å²) in [5, 5.41) is 7.87. The van der Waals surface area contributed by atoms with E-state index in [2.05, 4.69) is 10.2 Å². The van der Waals surface area contributed by atoms with Gasteiger partial charge in [-0.3, -0.25) is 4.40 Å². The summed E-state index contributed by atoms with van der Waals surface area (Å²) in [5.74, 6) is 0.825. The highest BCUT2D eigenvalue weighted by molar-refractivity contribution is 5.83. The molecule has 0 saturated carbocycles. The molecule has 0 radical (unpaired) electrons. The van der Waals surface area contributed by atoms with Crippen molar-refractivity contribution in [3.05, 3.63) is 24.5 Å². The lowest BCUT2D eigenvalue weighted by Gasteiger charge is -1.95. The molecule has 0 bridgehead atoms. The molecule has 0 amide bonds. The zero-order valence-electron chi connectivity index (χ0n) is 7.68. The van der Waals surface area contributed by atoms with Gasteiger partial charge in [0.05, 0.1) is 11.0 Å². The highest BCUT2D eigenvalue weighted by Crippen LogP contribution is 2.20. The van der Waals surface area contributed by atoms with Crippen molar-refractivity contribution >= 4 is 22.5 Å². The molecule has 2 N–H and O–H groups in total. The smallest absolute Gasteiger partial charge is 0.236 e. The van der Waals surface area contributed by atoms with Crippen molar-refractivity contribution in [3.63, 3.8) is 0 Å². The fraction of sp³-hybridized carbons (Fsp3) is 0.111. The second kappa shape index (κ2) is 2.25. The fourth-order valence-corrected chi connectivity index (χ4v) is 1.75. The molecule has 0 spiro atoms. The van der Waals surface area contributed by atoms with Gasteiger partial charge >= 0.3 is 0 Å². The minimum absolute atomic E-state index is 0.749. The topological polar surface area (TPSA) is 61.1 Å². The monoisotopic (exact) mass is 187 g/mol. The maximum absolute atomic E-state index is 5.73. The molecule has 0 unspecified atom stereocenters. The zero-order chi connectivity index (χ0) is 9.71. The standard InChI is InChI=1S/C9H9N5/c1-13-7-3-2-6(10)4-8(7)14-5-11-12-9(13)14/h2-5H,10H2,1H3. The van der Waals surface area contributed by atoms with Gasteiger partial charge < -0.3 is 10.3 Å². The third-order valence-electron chi connectivity index (χ3n) is 2.45. The molecule has 3 rings (SSSR count).